The third-order valence-corrected chi connectivity index (χ3v) is 4.39. The molecule has 1 heterocycles. The van der Waals surface area contributed by atoms with Gasteiger partial charge in [-0.25, -0.2) is 4.98 Å². The van der Waals surface area contributed by atoms with E-state index in [9.17, 15) is 9.59 Å². The first kappa shape index (κ1) is 22.1. The highest BCUT2D eigenvalue weighted by Crippen LogP contribution is 2.29. The molecule has 0 spiro atoms. The maximum absolute atomic E-state index is 12.8. The number of aromatic amines is 1. The minimum atomic E-state index is -0.272. The Bertz CT molecular complexity index is 1110. The number of carbonyl (C=O) groups is 1. The Morgan fingerprint density at radius 3 is 2.45 bits per heavy atom. The van der Waals surface area contributed by atoms with E-state index < -0.39 is 0 Å². The summed E-state index contributed by atoms with van der Waals surface area (Å²) in [5, 5.41) is 2.89. The summed E-state index contributed by atoms with van der Waals surface area (Å²) >= 11 is 0. The van der Waals surface area contributed by atoms with E-state index in [1.165, 1.54) is 6.07 Å². The molecule has 0 aliphatic heterocycles. The Kier molecular flexibility index (Phi) is 7.43. The van der Waals surface area contributed by atoms with Gasteiger partial charge in [0.2, 0.25) is 0 Å². The Morgan fingerprint density at radius 1 is 1.00 bits per heavy atom. The number of ether oxygens (including phenoxy) is 2. The molecule has 7 heteroatoms. The van der Waals surface area contributed by atoms with Crippen molar-refractivity contribution < 1.29 is 14.3 Å². The first-order chi connectivity index (χ1) is 15.0. The van der Waals surface area contributed by atoms with Gasteiger partial charge in [0.25, 0.3) is 11.5 Å². The number of anilines is 1. The number of hydrogen-bond acceptors (Lipinski definition) is 5. The third-order valence-electron chi connectivity index (χ3n) is 4.39. The van der Waals surface area contributed by atoms with Gasteiger partial charge in [0.1, 0.15) is 5.82 Å². The van der Waals surface area contributed by atoms with Gasteiger partial charge in [-0.15, -0.1) is 0 Å². The quantitative estimate of drug-likeness (QED) is 0.528. The molecule has 0 atom stereocenters. The van der Waals surface area contributed by atoms with Crippen molar-refractivity contribution in [2.24, 2.45) is 0 Å². The van der Waals surface area contributed by atoms with Gasteiger partial charge in [-0.05, 0) is 50.1 Å². The first-order valence-electron chi connectivity index (χ1n) is 10.4. The van der Waals surface area contributed by atoms with Crippen LogP contribution in [0.1, 0.15) is 42.7 Å². The van der Waals surface area contributed by atoms with Gasteiger partial charge in [-0.2, -0.15) is 0 Å². The zero-order chi connectivity index (χ0) is 22.2. The molecule has 3 aromatic rings. The van der Waals surface area contributed by atoms with Crippen LogP contribution in [0.5, 0.6) is 11.5 Å². The Balaban J connectivity index is 1.81. The van der Waals surface area contributed by atoms with Crippen LogP contribution in [-0.2, 0) is 0 Å². The first-order valence-corrected chi connectivity index (χ1v) is 10.4. The van der Waals surface area contributed by atoms with Crippen LogP contribution in [0.3, 0.4) is 0 Å². The number of hydrogen-bond donors (Lipinski definition) is 2. The molecular formula is C24H27N3O4. The molecule has 0 unspecified atom stereocenters. The molecule has 0 saturated heterocycles. The highest BCUT2D eigenvalue weighted by Gasteiger charge is 2.13. The molecule has 2 N–H and O–H groups in total. The summed E-state index contributed by atoms with van der Waals surface area (Å²) in [6.45, 7) is 6.93. The van der Waals surface area contributed by atoms with E-state index in [2.05, 4.69) is 15.3 Å². The van der Waals surface area contributed by atoms with Crippen molar-refractivity contribution >= 4 is 11.6 Å². The van der Waals surface area contributed by atoms with E-state index >= 15 is 0 Å². The summed E-state index contributed by atoms with van der Waals surface area (Å²) in [5.41, 5.74) is 2.16. The second-order valence-corrected chi connectivity index (χ2v) is 7.13. The largest absolute Gasteiger partial charge is 0.490 e. The number of aromatic nitrogens is 2. The molecule has 3 rings (SSSR count). The SMILES string of the molecule is CCCOc1ccc(C(=O)Nc2cccc(-c3nc(C)cc(=O)[nH]3)c2)cc1OCCC. The van der Waals surface area contributed by atoms with Gasteiger partial charge in [0.15, 0.2) is 11.5 Å². The molecular weight excluding hydrogens is 394 g/mol. The number of amides is 1. The number of benzene rings is 2. The molecule has 7 nitrogen and oxygen atoms in total. The summed E-state index contributed by atoms with van der Waals surface area (Å²) in [4.78, 5) is 31.7. The van der Waals surface area contributed by atoms with Crippen LogP contribution in [0.4, 0.5) is 5.69 Å². The average Bonchev–Trinajstić information content (AvgIpc) is 2.76. The van der Waals surface area contributed by atoms with Crippen molar-refractivity contribution in [1.82, 2.24) is 9.97 Å². The van der Waals surface area contributed by atoms with Crippen LogP contribution in [0, 0.1) is 6.92 Å². The number of aryl methyl sites for hydroxylation is 1. The van der Waals surface area contributed by atoms with Crippen LogP contribution in [0.25, 0.3) is 11.4 Å². The van der Waals surface area contributed by atoms with Gasteiger partial charge < -0.3 is 19.8 Å². The fraction of sp³-hybridized carbons (Fsp3) is 0.292. The summed E-state index contributed by atoms with van der Waals surface area (Å²) < 4.78 is 11.5. The summed E-state index contributed by atoms with van der Waals surface area (Å²) in [6.07, 6.45) is 1.73. The van der Waals surface area contributed by atoms with E-state index in [4.69, 9.17) is 9.47 Å². The standard InChI is InChI=1S/C24H27N3O4/c1-4-11-30-20-10-9-18(15-21(20)31-12-5-2)24(29)26-19-8-6-7-17(14-19)23-25-16(3)13-22(28)27-23/h6-10,13-15H,4-5,11-12H2,1-3H3,(H,26,29)(H,25,27,28). The van der Waals surface area contributed by atoms with Crippen LogP contribution >= 0.6 is 0 Å². The van der Waals surface area contributed by atoms with E-state index in [1.807, 2.05) is 19.9 Å². The maximum Gasteiger partial charge on any atom is 0.255 e. The summed E-state index contributed by atoms with van der Waals surface area (Å²) in [6, 6.07) is 13.8. The molecule has 0 fully saturated rings. The minimum Gasteiger partial charge on any atom is -0.490 e. The minimum absolute atomic E-state index is 0.220. The van der Waals surface area contributed by atoms with Crippen molar-refractivity contribution in [3.63, 3.8) is 0 Å². The fourth-order valence-electron chi connectivity index (χ4n) is 2.97. The Morgan fingerprint density at radius 2 is 1.74 bits per heavy atom. The molecule has 0 bridgehead atoms. The van der Waals surface area contributed by atoms with Crippen molar-refractivity contribution in [2.75, 3.05) is 18.5 Å². The molecule has 0 aliphatic carbocycles. The monoisotopic (exact) mass is 421 g/mol. The lowest BCUT2D eigenvalue weighted by Crippen LogP contribution is -2.13. The second-order valence-electron chi connectivity index (χ2n) is 7.13. The van der Waals surface area contributed by atoms with Crippen molar-refractivity contribution in [2.45, 2.75) is 33.6 Å². The molecule has 0 aliphatic rings. The molecule has 1 aromatic heterocycles. The van der Waals surface area contributed by atoms with Crippen LogP contribution in [0.15, 0.2) is 53.3 Å². The normalized spacial score (nSPS) is 10.5. The summed E-state index contributed by atoms with van der Waals surface area (Å²) in [5.74, 6) is 1.36. The van der Waals surface area contributed by atoms with E-state index in [0.717, 1.165) is 12.8 Å². The smallest absolute Gasteiger partial charge is 0.255 e. The van der Waals surface area contributed by atoms with Crippen LogP contribution in [0.2, 0.25) is 0 Å². The Hall–Kier alpha value is -3.61. The number of carbonyl (C=O) groups excluding carboxylic acids is 1. The molecule has 0 radical (unpaired) electrons. The molecule has 1 amide bonds. The average molecular weight is 421 g/mol. The van der Waals surface area contributed by atoms with Gasteiger partial charge >= 0.3 is 0 Å². The molecule has 162 valence electrons. The second kappa shape index (κ2) is 10.4. The number of nitrogens with zero attached hydrogens (tertiary/aromatic N) is 1. The van der Waals surface area contributed by atoms with Gasteiger partial charge in [0, 0.05) is 28.6 Å². The van der Waals surface area contributed by atoms with Gasteiger partial charge in [-0.1, -0.05) is 26.0 Å². The number of rotatable bonds is 9. The van der Waals surface area contributed by atoms with Gasteiger partial charge in [0.05, 0.1) is 13.2 Å². The predicted octanol–water partition coefficient (Wildman–Crippen LogP) is 4.58. The zero-order valence-electron chi connectivity index (χ0n) is 18.0. The van der Waals surface area contributed by atoms with E-state index in [-0.39, 0.29) is 11.5 Å². The van der Waals surface area contributed by atoms with Crippen molar-refractivity contribution in [1.29, 1.82) is 0 Å². The molecule has 2 aromatic carbocycles. The molecule has 31 heavy (non-hydrogen) atoms. The van der Waals surface area contributed by atoms with Crippen LogP contribution in [-0.4, -0.2) is 29.1 Å². The van der Waals surface area contributed by atoms with E-state index in [0.29, 0.717) is 53.0 Å². The highest BCUT2D eigenvalue weighted by molar-refractivity contribution is 6.04. The van der Waals surface area contributed by atoms with Crippen LogP contribution < -0.4 is 20.3 Å². The topological polar surface area (TPSA) is 93.3 Å². The number of nitrogens with one attached hydrogen (secondary N) is 2. The lowest BCUT2D eigenvalue weighted by atomic mass is 10.1. The van der Waals surface area contributed by atoms with E-state index in [1.54, 1.807) is 43.3 Å². The van der Waals surface area contributed by atoms with Crippen molar-refractivity contribution in [3.8, 4) is 22.9 Å². The van der Waals surface area contributed by atoms with Gasteiger partial charge in [-0.3, -0.25) is 9.59 Å². The lowest BCUT2D eigenvalue weighted by molar-refractivity contribution is 0.102. The maximum atomic E-state index is 12.8. The zero-order valence-corrected chi connectivity index (χ0v) is 18.0. The molecule has 0 saturated carbocycles. The summed E-state index contributed by atoms with van der Waals surface area (Å²) in [7, 11) is 0. The highest BCUT2D eigenvalue weighted by atomic mass is 16.5. The predicted molar refractivity (Wildman–Crippen MR) is 121 cm³/mol. The fourth-order valence-corrected chi connectivity index (χ4v) is 2.97. The Labute approximate surface area is 181 Å². The van der Waals surface area contributed by atoms with Crippen molar-refractivity contribution in [3.05, 3.63) is 70.1 Å². The lowest BCUT2D eigenvalue weighted by Gasteiger charge is -2.14. The third kappa shape index (κ3) is 5.94. The number of H-pyrrole nitrogens is 1.